The summed E-state index contributed by atoms with van der Waals surface area (Å²) in [6.07, 6.45) is 3.76. The average Bonchev–Trinajstić information content (AvgIpc) is 3.64. The molecule has 1 fully saturated rings. The second-order valence-corrected chi connectivity index (χ2v) is 9.24. The summed E-state index contributed by atoms with van der Waals surface area (Å²) < 4.78 is 34.6. The molecular formula is C29H27F2N5O5. The zero-order valence-corrected chi connectivity index (χ0v) is 21.9. The summed E-state index contributed by atoms with van der Waals surface area (Å²) >= 11 is 0. The van der Waals surface area contributed by atoms with Gasteiger partial charge in [-0.15, -0.1) is 0 Å². The van der Waals surface area contributed by atoms with Crippen molar-refractivity contribution in [1.29, 1.82) is 0 Å². The van der Waals surface area contributed by atoms with E-state index >= 15 is 0 Å². The van der Waals surface area contributed by atoms with Gasteiger partial charge < -0.3 is 30.8 Å². The number of nitrogens with one attached hydrogen (secondary N) is 2. The number of pyridine rings is 1. The van der Waals surface area contributed by atoms with Gasteiger partial charge in [0, 0.05) is 37.6 Å². The second kappa shape index (κ2) is 12.7. The number of hydrogen-bond acceptors (Lipinski definition) is 6. The molecular weight excluding hydrogens is 536 g/mol. The van der Waals surface area contributed by atoms with Crippen molar-refractivity contribution in [2.24, 2.45) is 11.7 Å². The number of rotatable bonds is 7. The number of likely N-dealkylation sites (tertiary alicyclic amines) is 1. The van der Waals surface area contributed by atoms with E-state index in [1.165, 1.54) is 29.3 Å². The summed E-state index contributed by atoms with van der Waals surface area (Å²) in [5, 5.41) is 11.9. The standard InChI is InChI=1S/C28H24F2N4O4.CH3NO/c1-16-2-4-21(29)24(10-16)33-23-5-3-19(12-22(23)30)38-20-6-8-31-26(13-20)25-11-18(14-32-25)27(35)34-9-7-17(15-34)28(36)37;2-1-3/h2-6,8,10-14,17,32-33H,7,9,15H2,1H3,(H,36,37);1H,(H2,2,3). The lowest BCUT2D eigenvalue weighted by Gasteiger charge is -2.14. The molecule has 5 N–H and O–H groups in total. The SMILES string of the molecule is Cc1ccc(F)c(Nc2ccc(Oc3ccnc(-c4cc(C(=O)N5CCC(C(=O)O)C5)c[nH]4)c3)cc2F)c1.NC=O. The van der Waals surface area contributed by atoms with Crippen LogP contribution in [0, 0.1) is 24.5 Å². The summed E-state index contributed by atoms with van der Waals surface area (Å²) in [7, 11) is 0. The highest BCUT2D eigenvalue weighted by atomic mass is 19.1. The number of amides is 2. The fourth-order valence-electron chi connectivity index (χ4n) is 4.29. The third kappa shape index (κ3) is 7.04. The topological polar surface area (TPSA) is 151 Å². The number of H-pyrrole nitrogens is 1. The number of carbonyl (C=O) groups is 3. The van der Waals surface area contributed by atoms with Gasteiger partial charge in [-0.05, 0) is 55.3 Å². The zero-order chi connectivity index (χ0) is 29.5. The molecule has 2 amide bonds. The molecule has 1 saturated heterocycles. The van der Waals surface area contributed by atoms with Gasteiger partial charge >= 0.3 is 5.97 Å². The van der Waals surface area contributed by atoms with Gasteiger partial charge in [0.1, 0.15) is 23.1 Å². The fraction of sp³-hybridized carbons (Fsp3) is 0.172. The molecule has 41 heavy (non-hydrogen) atoms. The maximum Gasteiger partial charge on any atom is 0.308 e. The normalized spacial score (nSPS) is 14.1. The van der Waals surface area contributed by atoms with Crippen LogP contribution in [0.3, 0.4) is 0 Å². The van der Waals surface area contributed by atoms with Gasteiger partial charge in [-0.3, -0.25) is 19.4 Å². The number of aromatic nitrogens is 2. The van der Waals surface area contributed by atoms with Crippen LogP contribution in [0.2, 0.25) is 0 Å². The minimum Gasteiger partial charge on any atom is -0.481 e. The number of aromatic amines is 1. The van der Waals surface area contributed by atoms with Crippen LogP contribution < -0.4 is 15.8 Å². The summed E-state index contributed by atoms with van der Waals surface area (Å²) in [6.45, 7) is 2.39. The molecule has 5 rings (SSSR count). The molecule has 2 aromatic heterocycles. The van der Waals surface area contributed by atoms with E-state index in [1.807, 2.05) is 6.92 Å². The summed E-state index contributed by atoms with van der Waals surface area (Å²) in [5.41, 5.74) is 6.75. The number of ether oxygens (including phenoxy) is 1. The van der Waals surface area contributed by atoms with E-state index in [9.17, 15) is 23.5 Å². The van der Waals surface area contributed by atoms with Gasteiger partial charge in [0.05, 0.1) is 34.2 Å². The van der Waals surface area contributed by atoms with Gasteiger partial charge in [-0.25, -0.2) is 8.78 Å². The van der Waals surface area contributed by atoms with Crippen LogP contribution in [0.1, 0.15) is 22.3 Å². The molecule has 0 bridgehead atoms. The first-order valence-corrected chi connectivity index (χ1v) is 12.5. The molecule has 2 aromatic carbocycles. The maximum atomic E-state index is 14.7. The van der Waals surface area contributed by atoms with Crippen LogP contribution in [0.15, 0.2) is 67.0 Å². The lowest BCUT2D eigenvalue weighted by atomic mass is 10.1. The van der Waals surface area contributed by atoms with Crippen molar-refractivity contribution in [3.8, 4) is 22.9 Å². The molecule has 0 radical (unpaired) electrons. The average molecular weight is 564 g/mol. The predicted octanol–water partition coefficient (Wildman–Crippen LogP) is 4.85. The molecule has 1 unspecified atom stereocenters. The van der Waals surface area contributed by atoms with Gasteiger partial charge in [0.25, 0.3) is 5.91 Å². The molecule has 12 heteroatoms. The van der Waals surface area contributed by atoms with E-state index in [-0.39, 0.29) is 36.0 Å². The largest absolute Gasteiger partial charge is 0.481 e. The lowest BCUT2D eigenvalue weighted by molar-refractivity contribution is -0.141. The van der Waals surface area contributed by atoms with Crippen molar-refractivity contribution < 1.29 is 33.0 Å². The van der Waals surface area contributed by atoms with Crippen molar-refractivity contribution in [2.45, 2.75) is 13.3 Å². The Kier molecular flexibility index (Phi) is 8.92. The van der Waals surface area contributed by atoms with Crippen molar-refractivity contribution in [1.82, 2.24) is 14.9 Å². The number of nitrogens with two attached hydrogens (primary N) is 1. The number of aryl methyl sites for hydroxylation is 1. The quantitative estimate of drug-likeness (QED) is 0.235. The molecule has 3 heterocycles. The van der Waals surface area contributed by atoms with Crippen molar-refractivity contribution >= 4 is 29.7 Å². The van der Waals surface area contributed by atoms with Crippen LogP contribution in [0.5, 0.6) is 11.5 Å². The van der Waals surface area contributed by atoms with Crippen LogP contribution in [-0.4, -0.2) is 51.4 Å². The van der Waals surface area contributed by atoms with Crippen molar-refractivity contribution in [2.75, 3.05) is 18.4 Å². The third-order valence-corrected chi connectivity index (χ3v) is 6.33. The highest BCUT2D eigenvalue weighted by Crippen LogP contribution is 2.30. The molecule has 10 nitrogen and oxygen atoms in total. The smallest absolute Gasteiger partial charge is 0.308 e. The number of aliphatic carboxylic acids is 1. The van der Waals surface area contributed by atoms with E-state index in [0.29, 0.717) is 35.7 Å². The summed E-state index contributed by atoms with van der Waals surface area (Å²) in [5.74, 6) is -2.17. The monoisotopic (exact) mass is 563 g/mol. The molecule has 4 aromatic rings. The minimum atomic E-state index is -0.901. The van der Waals surface area contributed by atoms with Gasteiger partial charge in [-0.1, -0.05) is 6.07 Å². The molecule has 1 atom stereocenters. The Balaban J connectivity index is 0.00000124. The number of anilines is 2. The Morgan fingerprint density at radius 2 is 1.85 bits per heavy atom. The molecule has 0 spiro atoms. The first kappa shape index (κ1) is 28.7. The first-order valence-electron chi connectivity index (χ1n) is 12.5. The minimum absolute atomic E-state index is 0.105. The summed E-state index contributed by atoms with van der Waals surface area (Å²) in [4.78, 5) is 41.4. The van der Waals surface area contributed by atoms with Crippen molar-refractivity contribution in [3.05, 3.63) is 89.8 Å². The number of nitrogens with zero attached hydrogens (tertiary/aromatic N) is 2. The Bertz CT molecular complexity index is 1570. The number of benzene rings is 2. The number of primary amides is 1. The number of carbonyl (C=O) groups excluding carboxylic acids is 2. The first-order chi connectivity index (χ1) is 19.7. The molecule has 1 aliphatic rings. The summed E-state index contributed by atoms with van der Waals surface area (Å²) in [6, 6.07) is 13.7. The van der Waals surface area contributed by atoms with Crippen LogP contribution in [-0.2, 0) is 9.59 Å². The molecule has 1 aliphatic heterocycles. The highest BCUT2D eigenvalue weighted by Gasteiger charge is 2.31. The zero-order valence-electron chi connectivity index (χ0n) is 21.9. The van der Waals surface area contributed by atoms with Gasteiger partial charge in [0.15, 0.2) is 0 Å². The predicted molar refractivity (Wildman–Crippen MR) is 147 cm³/mol. The maximum absolute atomic E-state index is 14.7. The van der Waals surface area contributed by atoms with E-state index in [0.717, 1.165) is 5.56 Å². The molecule has 0 aliphatic carbocycles. The number of carboxylic acid groups (broad SMARTS) is 1. The Hall–Kier alpha value is -5.26. The fourth-order valence-corrected chi connectivity index (χ4v) is 4.29. The van der Waals surface area contributed by atoms with E-state index in [2.05, 4.69) is 21.0 Å². The van der Waals surface area contributed by atoms with Gasteiger partial charge in [0.2, 0.25) is 6.41 Å². The van der Waals surface area contributed by atoms with E-state index in [4.69, 9.17) is 9.53 Å². The Morgan fingerprint density at radius 1 is 1.10 bits per heavy atom. The van der Waals surface area contributed by atoms with Crippen LogP contribution >= 0.6 is 0 Å². The van der Waals surface area contributed by atoms with Crippen LogP contribution in [0.25, 0.3) is 11.4 Å². The molecule has 0 saturated carbocycles. The van der Waals surface area contributed by atoms with E-state index < -0.39 is 23.5 Å². The number of hydrogen-bond donors (Lipinski definition) is 4. The van der Waals surface area contributed by atoms with Crippen LogP contribution in [0.4, 0.5) is 20.2 Å². The Morgan fingerprint density at radius 3 is 2.56 bits per heavy atom. The molecule has 212 valence electrons. The number of halogens is 2. The second-order valence-electron chi connectivity index (χ2n) is 9.24. The van der Waals surface area contributed by atoms with Crippen molar-refractivity contribution in [3.63, 3.8) is 0 Å². The highest BCUT2D eigenvalue weighted by molar-refractivity contribution is 5.95. The lowest BCUT2D eigenvalue weighted by Crippen LogP contribution is -2.29. The number of carboxylic acids is 1. The third-order valence-electron chi connectivity index (χ3n) is 6.33. The Labute approximate surface area is 233 Å². The van der Waals surface area contributed by atoms with E-state index in [1.54, 1.807) is 42.6 Å². The van der Waals surface area contributed by atoms with Gasteiger partial charge in [-0.2, -0.15) is 0 Å².